The van der Waals surface area contributed by atoms with Gasteiger partial charge in [-0.3, -0.25) is 0 Å². The Balaban J connectivity index is 2.08. The lowest BCUT2D eigenvalue weighted by Crippen LogP contribution is -2.66. The molecule has 0 radical (unpaired) electrons. The molecule has 200 valence electrons. The van der Waals surface area contributed by atoms with Crippen molar-refractivity contribution in [2.24, 2.45) is 5.73 Å². The zero-order valence-electron chi connectivity index (χ0n) is 22.8. The molecule has 2 N–H and O–H groups in total. The molecule has 36 heavy (non-hydrogen) atoms. The summed E-state index contributed by atoms with van der Waals surface area (Å²) in [4.78, 5) is 13.1. The van der Waals surface area contributed by atoms with Crippen LogP contribution in [-0.2, 0) is 22.4 Å². The molecule has 2 aliphatic heterocycles. The number of fused-ring (bicyclic) bond motifs is 1. The average Bonchev–Trinajstić information content (AvgIpc) is 3.14. The van der Waals surface area contributed by atoms with Gasteiger partial charge in [0, 0.05) is 0 Å². The summed E-state index contributed by atoms with van der Waals surface area (Å²) >= 11 is 0. The summed E-state index contributed by atoms with van der Waals surface area (Å²) in [5, 5.41) is 9.64. The molecule has 0 amide bonds. The Hall–Kier alpha value is -1.59. The molecule has 1 unspecified atom stereocenters. The van der Waals surface area contributed by atoms with Crippen molar-refractivity contribution in [3.8, 4) is 6.07 Å². The standard InChI is InChI=1S/C26H42N2O6Si2/c1-16(2)35(17(3)4)30-15-22-24(33-36(34-35,18(5)6)19(7)8)25(23(31-22)21(28)14-27)32-26(29)20-12-10-9-11-13-20/h9-13,16-19,21-25H,15,28H2,1-8H3/t21?,22-,23+,24-,25+/m1/s1. The lowest BCUT2D eigenvalue weighted by molar-refractivity contribution is -0.0402. The van der Waals surface area contributed by atoms with Gasteiger partial charge in [-0.2, -0.15) is 5.26 Å². The van der Waals surface area contributed by atoms with Gasteiger partial charge in [-0.1, -0.05) is 73.6 Å². The molecule has 0 aliphatic carbocycles. The van der Waals surface area contributed by atoms with Crippen molar-refractivity contribution in [2.75, 3.05) is 6.61 Å². The number of nitrogens with two attached hydrogens (primary N) is 1. The minimum Gasteiger partial charge on any atom is -0.453 e. The van der Waals surface area contributed by atoms with E-state index in [4.69, 9.17) is 28.2 Å². The van der Waals surface area contributed by atoms with Gasteiger partial charge in [0.25, 0.3) is 0 Å². The molecular formula is C26H42N2O6Si2. The maximum Gasteiger partial charge on any atom is 0.338 e. The van der Waals surface area contributed by atoms with Crippen LogP contribution >= 0.6 is 0 Å². The van der Waals surface area contributed by atoms with Crippen LogP contribution < -0.4 is 5.73 Å². The Morgan fingerprint density at radius 2 is 1.56 bits per heavy atom. The van der Waals surface area contributed by atoms with Crippen LogP contribution in [0.2, 0.25) is 22.2 Å². The summed E-state index contributed by atoms with van der Waals surface area (Å²) in [6, 6.07) is 9.82. The minimum absolute atomic E-state index is 0.0957. The highest BCUT2D eigenvalue weighted by Gasteiger charge is 2.62. The van der Waals surface area contributed by atoms with Gasteiger partial charge < -0.3 is 28.2 Å². The Morgan fingerprint density at radius 1 is 1.00 bits per heavy atom. The number of esters is 1. The van der Waals surface area contributed by atoms with Crippen molar-refractivity contribution in [3.63, 3.8) is 0 Å². The molecule has 0 spiro atoms. The third-order valence-corrected chi connectivity index (χ3v) is 17.7. The fourth-order valence-electron chi connectivity index (χ4n) is 5.43. The topological polar surface area (TPSA) is 113 Å². The first-order valence-electron chi connectivity index (χ1n) is 13.0. The third-order valence-electron chi connectivity index (χ3n) is 7.43. The number of hydrogen-bond donors (Lipinski definition) is 1. The number of nitrogens with zero attached hydrogens (tertiary/aromatic N) is 1. The van der Waals surface area contributed by atoms with E-state index in [-0.39, 0.29) is 28.8 Å². The van der Waals surface area contributed by atoms with Crippen LogP contribution in [-0.4, -0.2) is 60.2 Å². The van der Waals surface area contributed by atoms with Crippen molar-refractivity contribution in [2.45, 2.75) is 108 Å². The highest BCUT2D eigenvalue weighted by atomic mass is 28.5. The average molecular weight is 535 g/mol. The SMILES string of the molecule is CC(C)[Si]1(C(C)C)OC[C@H]2O[C@@H](C(N)C#N)[C@H](OC(=O)c3ccccc3)[C@@H]2O[Si](C(C)C)(C(C)C)O1. The van der Waals surface area contributed by atoms with Gasteiger partial charge >= 0.3 is 23.1 Å². The zero-order valence-corrected chi connectivity index (χ0v) is 24.8. The van der Waals surface area contributed by atoms with E-state index in [1.165, 1.54) is 0 Å². The summed E-state index contributed by atoms with van der Waals surface area (Å²) in [6.07, 6.45) is -2.92. The van der Waals surface area contributed by atoms with Gasteiger partial charge in [-0.15, -0.1) is 0 Å². The number of carbonyl (C=O) groups is 1. The van der Waals surface area contributed by atoms with Crippen LogP contribution in [0, 0.1) is 11.3 Å². The molecule has 8 nitrogen and oxygen atoms in total. The molecule has 2 fully saturated rings. The molecule has 2 saturated heterocycles. The van der Waals surface area contributed by atoms with Gasteiger partial charge in [-0.05, 0) is 34.3 Å². The molecule has 0 bridgehead atoms. The van der Waals surface area contributed by atoms with Gasteiger partial charge in [0.1, 0.15) is 24.4 Å². The Labute approximate surface area is 217 Å². The molecule has 3 rings (SSSR count). The van der Waals surface area contributed by atoms with Crippen molar-refractivity contribution in [3.05, 3.63) is 35.9 Å². The first-order valence-corrected chi connectivity index (χ1v) is 16.9. The summed E-state index contributed by atoms with van der Waals surface area (Å²) in [6.45, 7) is 17.3. The molecule has 2 aliphatic rings. The lowest BCUT2D eigenvalue weighted by Gasteiger charge is -2.51. The van der Waals surface area contributed by atoms with Crippen molar-refractivity contribution < 1.29 is 27.2 Å². The van der Waals surface area contributed by atoms with Crippen LogP contribution in [0.25, 0.3) is 0 Å². The van der Waals surface area contributed by atoms with Crippen LogP contribution in [0.4, 0.5) is 0 Å². The molecule has 1 aromatic rings. The summed E-state index contributed by atoms with van der Waals surface area (Å²) < 4.78 is 33.4. The largest absolute Gasteiger partial charge is 0.453 e. The Bertz CT molecular complexity index is 920. The number of ether oxygens (including phenoxy) is 2. The van der Waals surface area contributed by atoms with E-state index in [0.29, 0.717) is 5.56 Å². The van der Waals surface area contributed by atoms with Crippen LogP contribution in [0.5, 0.6) is 0 Å². The first-order chi connectivity index (χ1) is 16.9. The van der Waals surface area contributed by atoms with E-state index in [2.05, 4.69) is 61.5 Å². The van der Waals surface area contributed by atoms with Crippen molar-refractivity contribution >= 4 is 23.1 Å². The summed E-state index contributed by atoms with van der Waals surface area (Å²) in [7, 11) is -5.72. The predicted octanol–water partition coefficient (Wildman–Crippen LogP) is 4.79. The van der Waals surface area contributed by atoms with E-state index >= 15 is 0 Å². The first kappa shape index (κ1) is 29.0. The second-order valence-electron chi connectivity index (χ2n) is 11.1. The van der Waals surface area contributed by atoms with E-state index < -0.39 is 53.5 Å². The maximum atomic E-state index is 13.1. The molecule has 0 saturated carbocycles. The monoisotopic (exact) mass is 534 g/mol. The second kappa shape index (κ2) is 11.4. The van der Waals surface area contributed by atoms with Gasteiger partial charge in [0.2, 0.25) is 0 Å². The normalized spacial score (nSPS) is 28.4. The highest BCUT2D eigenvalue weighted by Crippen LogP contribution is 2.48. The minimum atomic E-state index is -2.97. The molecule has 0 aromatic heterocycles. The smallest absolute Gasteiger partial charge is 0.338 e. The zero-order chi connectivity index (χ0) is 26.8. The van der Waals surface area contributed by atoms with Gasteiger partial charge in [0.05, 0.1) is 18.2 Å². The summed E-state index contributed by atoms with van der Waals surface area (Å²) in [5.41, 5.74) is 7.14. The van der Waals surface area contributed by atoms with Crippen LogP contribution in [0.1, 0.15) is 65.7 Å². The Kier molecular flexibility index (Phi) is 9.20. The van der Waals surface area contributed by atoms with E-state index in [1.807, 2.05) is 6.07 Å². The van der Waals surface area contributed by atoms with E-state index in [9.17, 15) is 10.1 Å². The third kappa shape index (κ3) is 5.34. The number of hydrogen-bond acceptors (Lipinski definition) is 8. The lowest BCUT2D eigenvalue weighted by atomic mass is 10.0. The highest BCUT2D eigenvalue weighted by molar-refractivity contribution is 6.84. The van der Waals surface area contributed by atoms with Gasteiger partial charge in [-0.25, -0.2) is 4.79 Å². The molecular weight excluding hydrogens is 492 g/mol. The molecule has 2 heterocycles. The van der Waals surface area contributed by atoms with Crippen LogP contribution in [0.3, 0.4) is 0 Å². The van der Waals surface area contributed by atoms with Crippen molar-refractivity contribution in [1.29, 1.82) is 5.26 Å². The Morgan fingerprint density at radius 3 is 2.06 bits per heavy atom. The fourth-order valence-corrected chi connectivity index (χ4v) is 16.6. The van der Waals surface area contributed by atoms with Crippen molar-refractivity contribution in [1.82, 2.24) is 0 Å². The van der Waals surface area contributed by atoms with E-state index in [0.717, 1.165) is 0 Å². The fraction of sp³-hybridized carbons (Fsp3) is 0.692. The predicted molar refractivity (Wildman–Crippen MR) is 142 cm³/mol. The summed E-state index contributed by atoms with van der Waals surface area (Å²) in [5.74, 6) is -0.512. The second-order valence-corrected chi connectivity index (χ2v) is 19.9. The number of carbonyl (C=O) groups excluding carboxylic acids is 1. The molecule has 5 atom stereocenters. The van der Waals surface area contributed by atoms with E-state index in [1.54, 1.807) is 24.3 Å². The number of benzene rings is 1. The quantitative estimate of drug-likeness (QED) is 0.392. The number of rotatable bonds is 7. The number of nitriles is 1. The maximum absolute atomic E-state index is 13.1. The van der Waals surface area contributed by atoms with Gasteiger partial charge in [0.15, 0.2) is 6.10 Å². The molecule has 10 heteroatoms. The molecule has 1 aromatic carbocycles. The van der Waals surface area contributed by atoms with Crippen LogP contribution in [0.15, 0.2) is 30.3 Å².